The molecule has 82 valence electrons. The van der Waals surface area contributed by atoms with E-state index in [2.05, 4.69) is 0 Å². The maximum absolute atomic E-state index is 11.4. The molecule has 0 bridgehead atoms. The highest BCUT2D eigenvalue weighted by molar-refractivity contribution is 6.15. The van der Waals surface area contributed by atoms with Gasteiger partial charge in [0.15, 0.2) is 0 Å². The van der Waals surface area contributed by atoms with Crippen molar-refractivity contribution >= 4 is 17.7 Å². The van der Waals surface area contributed by atoms with Crippen LogP contribution in [0, 0.1) is 0 Å². The standard InChI is InChI=1S/C10H14N2O3/c1-7-6-9(14)12(10(7)15)5-4-8(13)11(2)3/h6H,4-5H2,1-3H3. The van der Waals surface area contributed by atoms with Crippen LogP contribution in [0.15, 0.2) is 11.6 Å². The minimum absolute atomic E-state index is 0.0971. The Balaban J connectivity index is 2.52. The highest BCUT2D eigenvalue weighted by Gasteiger charge is 2.28. The molecule has 0 saturated carbocycles. The number of rotatable bonds is 3. The second kappa shape index (κ2) is 4.25. The lowest BCUT2D eigenvalue weighted by atomic mass is 10.3. The van der Waals surface area contributed by atoms with Crippen molar-refractivity contribution in [3.8, 4) is 0 Å². The van der Waals surface area contributed by atoms with E-state index in [0.717, 1.165) is 4.90 Å². The predicted molar refractivity (Wildman–Crippen MR) is 53.8 cm³/mol. The van der Waals surface area contributed by atoms with Crippen LogP contribution >= 0.6 is 0 Å². The van der Waals surface area contributed by atoms with Gasteiger partial charge in [-0.25, -0.2) is 0 Å². The first-order chi connectivity index (χ1) is 6.93. The molecule has 15 heavy (non-hydrogen) atoms. The summed E-state index contributed by atoms with van der Waals surface area (Å²) in [6.45, 7) is 1.75. The van der Waals surface area contributed by atoms with Crippen molar-refractivity contribution in [2.45, 2.75) is 13.3 Å². The number of carbonyl (C=O) groups excluding carboxylic acids is 3. The summed E-state index contributed by atoms with van der Waals surface area (Å²) >= 11 is 0. The fraction of sp³-hybridized carbons (Fsp3) is 0.500. The minimum atomic E-state index is -0.330. The Morgan fingerprint density at radius 2 is 2.00 bits per heavy atom. The van der Waals surface area contributed by atoms with E-state index in [1.165, 1.54) is 11.0 Å². The molecule has 1 aliphatic heterocycles. The van der Waals surface area contributed by atoms with Crippen LogP contribution in [0.25, 0.3) is 0 Å². The topological polar surface area (TPSA) is 57.7 Å². The lowest BCUT2D eigenvalue weighted by Gasteiger charge is -2.15. The number of hydrogen-bond donors (Lipinski definition) is 0. The second-order valence-electron chi connectivity index (χ2n) is 3.66. The van der Waals surface area contributed by atoms with E-state index in [0.29, 0.717) is 5.57 Å². The molecule has 5 heteroatoms. The maximum Gasteiger partial charge on any atom is 0.256 e. The van der Waals surface area contributed by atoms with Gasteiger partial charge in [-0.1, -0.05) is 0 Å². The zero-order chi connectivity index (χ0) is 11.6. The van der Waals surface area contributed by atoms with Crippen molar-refractivity contribution in [2.75, 3.05) is 20.6 Å². The monoisotopic (exact) mass is 210 g/mol. The number of amides is 3. The van der Waals surface area contributed by atoms with Crippen molar-refractivity contribution in [1.29, 1.82) is 0 Å². The minimum Gasteiger partial charge on any atom is -0.349 e. The quantitative estimate of drug-likeness (QED) is 0.605. The lowest BCUT2D eigenvalue weighted by Crippen LogP contribution is -2.35. The van der Waals surface area contributed by atoms with Crippen LogP contribution in [-0.2, 0) is 14.4 Å². The summed E-state index contributed by atoms with van der Waals surface area (Å²) in [4.78, 5) is 36.5. The van der Waals surface area contributed by atoms with Crippen LogP contribution in [0.2, 0.25) is 0 Å². The number of hydrogen-bond acceptors (Lipinski definition) is 3. The fourth-order valence-electron chi connectivity index (χ4n) is 1.28. The summed E-state index contributed by atoms with van der Waals surface area (Å²) in [6, 6.07) is 0. The van der Waals surface area contributed by atoms with E-state index in [4.69, 9.17) is 0 Å². The highest BCUT2D eigenvalue weighted by atomic mass is 16.2. The summed E-state index contributed by atoms with van der Waals surface area (Å²) < 4.78 is 0. The zero-order valence-electron chi connectivity index (χ0n) is 9.11. The van der Waals surface area contributed by atoms with Crippen LogP contribution in [0.1, 0.15) is 13.3 Å². The van der Waals surface area contributed by atoms with Crippen molar-refractivity contribution in [3.63, 3.8) is 0 Å². The number of carbonyl (C=O) groups is 3. The molecular formula is C10H14N2O3. The average molecular weight is 210 g/mol. The van der Waals surface area contributed by atoms with Crippen molar-refractivity contribution < 1.29 is 14.4 Å². The van der Waals surface area contributed by atoms with Crippen LogP contribution in [0.4, 0.5) is 0 Å². The van der Waals surface area contributed by atoms with Gasteiger partial charge in [-0.05, 0) is 6.92 Å². The van der Waals surface area contributed by atoms with Gasteiger partial charge >= 0.3 is 0 Å². The highest BCUT2D eigenvalue weighted by Crippen LogP contribution is 2.12. The van der Waals surface area contributed by atoms with Crippen LogP contribution in [0.3, 0.4) is 0 Å². The molecule has 0 saturated heterocycles. The Bertz CT molecular complexity index is 345. The smallest absolute Gasteiger partial charge is 0.256 e. The predicted octanol–water partition coefficient (Wildman–Crippen LogP) is -0.220. The molecule has 0 aliphatic carbocycles. The molecule has 0 fully saturated rings. The van der Waals surface area contributed by atoms with E-state index in [1.54, 1.807) is 21.0 Å². The second-order valence-corrected chi connectivity index (χ2v) is 3.66. The molecule has 0 N–H and O–H groups in total. The van der Waals surface area contributed by atoms with Crippen LogP contribution in [-0.4, -0.2) is 48.2 Å². The Morgan fingerprint density at radius 3 is 2.40 bits per heavy atom. The molecule has 0 radical (unpaired) electrons. The van der Waals surface area contributed by atoms with Crippen LogP contribution in [0.5, 0.6) is 0 Å². The van der Waals surface area contributed by atoms with Crippen LogP contribution < -0.4 is 0 Å². The van der Waals surface area contributed by atoms with Gasteiger partial charge in [0, 0.05) is 38.7 Å². The summed E-state index contributed by atoms with van der Waals surface area (Å²) in [6.07, 6.45) is 1.47. The molecule has 3 amide bonds. The molecule has 1 heterocycles. The first-order valence-electron chi connectivity index (χ1n) is 4.67. The maximum atomic E-state index is 11.4. The Labute approximate surface area is 88.3 Å². The van der Waals surface area contributed by atoms with Gasteiger partial charge in [0.1, 0.15) is 0 Å². The molecule has 0 aromatic rings. The fourth-order valence-corrected chi connectivity index (χ4v) is 1.28. The third-order valence-electron chi connectivity index (χ3n) is 2.24. The Hall–Kier alpha value is -1.65. The third kappa shape index (κ3) is 2.43. The van der Waals surface area contributed by atoms with Crippen molar-refractivity contribution in [3.05, 3.63) is 11.6 Å². The van der Waals surface area contributed by atoms with E-state index < -0.39 is 0 Å². The SMILES string of the molecule is CC1=CC(=O)N(CCC(=O)N(C)C)C1=O. The summed E-state index contributed by atoms with van der Waals surface area (Å²) in [5.41, 5.74) is 0.428. The summed E-state index contributed by atoms with van der Waals surface area (Å²) in [7, 11) is 3.28. The third-order valence-corrected chi connectivity index (χ3v) is 2.24. The normalized spacial score (nSPS) is 15.7. The largest absolute Gasteiger partial charge is 0.349 e. The van der Waals surface area contributed by atoms with Crippen molar-refractivity contribution in [2.24, 2.45) is 0 Å². The van der Waals surface area contributed by atoms with Gasteiger partial charge in [-0.15, -0.1) is 0 Å². The summed E-state index contributed by atoms with van der Waals surface area (Å²) in [5.74, 6) is -0.726. The lowest BCUT2D eigenvalue weighted by molar-refractivity contribution is -0.138. The first kappa shape index (κ1) is 11.4. The van der Waals surface area contributed by atoms with E-state index in [1.807, 2.05) is 0 Å². The van der Waals surface area contributed by atoms with Gasteiger partial charge in [-0.3, -0.25) is 19.3 Å². The zero-order valence-corrected chi connectivity index (χ0v) is 9.11. The van der Waals surface area contributed by atoms with Gasteiger partial charge in [0.05, 0.1) is 0 Å². The molecule has 0 aromatic heterocycles. The van der Waals surface area contributed by atoms with Gasteiger partial charge < -0.3 is 4.90 Å². The molecule has 1 aliphatic rings. The molecular weight excluding hydrogens is 196 g/mol. The molecule has 5 nitrogen and oxygen atoms in total. The average Bonchev–Trinajstić information content (AvgIpc) is 2.38. The van der Waals surface area contributed by atoms with Gasteiger partial charge in [0.2, 0.25) is 5.91 Å². The van der Waals surface area contributed by atoms with E-state index in [-0.39, 0.29) is 30.7 Å². The molecule has 0 spiro atoms. The Morgan fingerprint density at radius 1 is 1.40 bits per heavy atom. The number of imide groups is 1. The number of nitrogens with zero attached hydrogens (tertiary/aromatic N) is 2. The van der Waals surface area contributed by atoms with E-state index >= 15 is 0 Å². The molecule has 1 rings (SSSR count). The van der Waals surface area contributed by atoms with Gasteiger partial charge in [-0.2, -0.15) is 0 Å². The Kier molecular flexibility index (Phi) is 3.24. The van der Waals surface area contributed by atoms with Gasteiger partial charge in [0.25, 0.3) is 11.8 Å². The van der Waals surface area contributed by atoms with Crippen molar-refractivity contribution in [1.82, 2.24) is 9.80 Å². The summed E-state index contributed by atoms with van der Waals surface area (Å²) in [5, 5.41) is 0. The molecule has 0 atom stereocenters. The molecule has 0 aromatic carbocycles. The van der Waals surface area contributed by atoms with E-state index in [9.17, 15) is 14.4 Å². The molecule has 0 unspecified atom stereocenters. The first-order valence-corrected chi connectivity index (χ1v) is 4.67.